The third-order valence-corrected chi connectivity index (χ3v) is 3.35. The van der Waals surface area contributed by atoms with Crippen molar-refractivity contribution in [3.8, 4) is 0 Å². The van der Waals surface area contributed by atoms with Crippen molar-refractivity contribution in [3.63, 3.8) is 0 Å². The molecule has 1 aliphatic rings. The van der Waals surface area contributed by atoms with Gasteiger partial charge in [-0.2, -0.15) is 5.10 Å². The molecule has 2 rings (SSSR count). The molecule has 0 saturated carbocycles. The lowest BCUT2D eigenvalue weighted by Gasteiger charge is -2.46. The van der Waals surface area contributed by atoms with Gasteiger partial charge in [-0.3, -0.25) is 9.58 Å². The summed E-state index contributed by atoms with van der Waals surface area (Å²) in [5, 5.41) is 4.19. The standard InChI is InChI=1S/C12H21N3/c1-12(2,3)11-8-15(9-11)7-10-5-13-14(4)6-10/h5-6,11H,7-9H2,1-4H3. The largest absolute Gasteiger partial charge is 0.298 e. The first-order chi connectivity index (χ1) is 6.95. The Hall–Kier alpha value is -0.830. The van der Waals surface area contributed by atoms with Gasteiger partial charge in [-0.25, -0.2) is 0 Å². The quantitative estimate of drug-likeness (QED) is 0.738. The Bertz CT molecular complexity index is 329. The molecule has 0 aliphatic carbocycles. The highest BCUT2D eigenvalue weighted by molar-refractivity contribution is 5.05. The Morgan fingerprint density at radius 1 is 1.40 bits per heavy atom. The van der Waals surface area contributed by atoms with Crippen LogP contribution >= 0.6 is 0 Å². The van der Waals surface area contributed by atoms with E-state index in [9.17, 15) is 0 Å². The first-order valence-electron chi connectivity index (χ1n) is 5.65. The Morgan fingerprint density at radius 3 is 2.53 bits per heavy atom. The van der Waals surface area contributed by atoms with Gasteiger partial charge in [0.1, 0.15) is 0 Å². The third kappa shape index (κ3) is 2.40. The van der Waals surface area contributed by atoms with Gasteiger partial charge in [-0.05, 0) is 11.3 Å². The van der Waals surface area contributed by atoms with Gasteiger partial charge in [0.2, 0.25) is 0 Å². The van der Waals surface area contributed by atoms with E-state index >= 15 is 0 Å². The number of hydrogen-bond acceptors (Lipinski definition) is 2. The molecule has 1 aromatic rings. The maximum absolute atomic E-state index is 4.19. The average molecular weight is 207 g/mol. The summed E-state index contributed by atoms with van der Waals surface area (Å²) in [4.78, 5) is 2.49. The molecule has 3 heteroatoms. The number of hydrogen-bond donors (Lipinski definition) is 0. The van der Waals surface area contributed by atoms with Crippen molar-refractivity contribution in [3.05, 3.63) is 18.0 Å². The first-order valence-corrected chi connectivity index (χ1v) is 5.65. The molecule has 1 fully saturated rings. The molecule has 84 valence electrons. The van der Waals surface area contributed by atoms with Crippen molar-refractivity contribution < 1.29 is 0 Å². The van der Waals surface area contributed by atoms with Gasteiger partial charge < -0.3 is 0 Å². The summed E-state index contributed by atoms with van der Waals surface area (Å²) in [6.07, 6.45) is 4.06. The zero-order valence-electron chi connectivity index (χ0n) is 10.2. The summed E-state index contributed by atoms with van der Waals surface area (Å²) in [6, 6.07) is 0. The summed E-state index contributed by atoms with van der Waals surface area (Å²) < 4.78 is 1.87. The van der Waals surface area contributed by atoms with Crippen LogP contribution in [-0.4, -0.2) is 27.8 Å². The SMILES string of the molecule is Cn1cc(CN2CC(C(C)(C)C)C2)cn1. The number of rotatable bonds is 2. The fourth-order valence-corrected chi connectivity index (χ4v) is 2.06. The van der Waals surface area contributed by atoms with Crippen LogP contribution < -0.4 is 0 Å². The molecule has 0 amide bonds. The highest BCUT2D eigenvalue weighted by Gasteiger charge is 2.35. The van der Waals surface area contributed by atoms with E-state index < -0.39 is 0 Å². The van der Waals surface area contributed by atoms with Gasteiger partial charge >= 0.3 is 0 Å². The molecule has 0 unspecified atom stereocenters. The molecule has 2 heterocycles. The number of nitrogens with zero attached hydrogens (tertiary/aromatic N) is 3. The van der Waals surface area contributed by atoms with Crippen LogP contribution in [0, 0.1) is 11.3 Å². The predicted octanol–water partition coefficient (Wildman–Crippen LogP) is 1.90. The molecule has 0 atom stereocenters. The minimum absolute atomic E-state index is 0.464. The molecule has 1 aliphatic heterocycles. The van der Waals surface area contributed by atoms with Gasteiger partial charge in [0, 0.05) is 38.4 Å². The van der Waals surface area contributed by atoms with Crippen LogP contribution in [0.4, 0.5) is 0 Å². The lowest BCUT2D eigenvalue weighted by atomic mass is 9.76. The van der Waals surface area contributed by atoms with Gasteiger partial charge in [-0.1, -0.05) is 20.8 Å². The fraction of sp³-hybridized carbons (Fsp3) is 0.750. The van der Waals surface area contributed by atoms with Crippen molar-refractivity contribution in [2.45, 2.75) is 27.3 Å². The van der Waals surface area contributed by atoms with Crippen LogP contribution in [0.1, 0.15) is 26.3 Å². The van der Waals surface area contributed by atoms with E-state index in [-0.39, 0.29) is 0 Å². The van der Waals surface area contributed by atoms with E-state index in [1.807, 2.05) is 17.9 Å². The molecular formula is C12H21N3. The minimum Gasteiger partial charge on any atom is -0.298 e. The second-order valence-electron chi connectivity index (χ2n) is 5.78. The summed E-state index contributed by atoms with van der Waals surface area (Å²) in [7, 11) is 1.97. The van der Waals surface area contributed by atoms with E-state index in [0.717, 1.165) is 12.5 Å². The lowest BCUT2D eigenvalue weighted by Crippen LogP contribution is -2.51. The van der Waals surface area contributed by atoms with Crippen molar-refractivity contribution in [1.29, 1.82) is 0 Å². The Balaban J connectivity index is 1.81. The van der Waals surface area contributed by atoms with E-state index in [2.05, 4.69) is 37.0 Å². The first kappa shape index (κ1) is 10.7. The molecule has 0 radical (unpaired) electrons. The predicted molar refractivity (Wildman–Crippen MR) is 61.4 cm³/mol. The van der Waals surface area contributed by atoms with Gasteiger partial charge in [0.25, 0.3) is 0 Å². The molecule has 3 nitrogen and oxygen atoms in total. The van der Waals surface area contributed by atoms with E-state index in [4.69, 9.17) is 0 Å². The maximum atomic E-state index is 4.19. The highest BCUT2D eigenvalue weighted by Crippen LogP contribution is 2.34. The summed E-state index contributed by atoms with van der Waals surface area (Å²) in [6.45, 7) is 10.5. The van der Waals surface area contributed by atoms with E-state index in [1.165, 1.54) is 18.7 Å². The second kappa shape index (κ2) is 3.63. The smallest absolute Gasteiger partial charge is 0.0534 e. The monoisotopic (exact) mass is 207 g/mol. The average Bonchev–Trinajstić information content (AvgIpc) is 2.40. The second-order valence-corrected chi connectivity index (χ2v) is 5.78. The van der Waals surface area contributed by atoms with Crippen molar-refractivity contribution >= 4 is 0 Å². The fourth-order valence-electron chi connectivity index (χ4n) is 2.06. The molecule has 0 aromatic carbocycles. The molecule has 0 bridgehead atoms. The van der Waals surface area contributed by atoms with Gasteiger partial charge in [0.05, 0.1) is 6.20 Å². The summed E-state index contributed by atoms with van der Waals surface area (Å²) in [5.41, 5.74) is 1.79. The molecule has 0 N–H and O–H groups in total. The molecule has 1 aromatic heterocycles. The van der Waals surface area contributed by atoms with Gasteiger partial charge in [-0.15, -0.1) is 0 Å². The number of aryl methyl sites for hydroxylation is 1. The number of likely N-dealkylation sites (tertiary alicyclic amines) is 1. The Morgan fingerprint density at radius 2 is 2.07 bits per heavy atom. The summed E-state index contributed by atoms with van der Waals surface area (Å²) in [5.74, 6) is 0.856. The highest BCUT2D eigenvalue weighted by atomic mass is 15.3. The topological polar surface area (TPSA) is 21.1 Å². The van der Waals surface area contributed by atoms with E-state index in [1.54, 1.807) is 0 Å². The lowest BCUT2D eigenvalue weighted by molar-refractivity contribution is 0.0189. The third-order valence-electron chi connectivity index (χ3n) is 3.35. The van der Waals surface area contributed by atoms with Crippen LogP contribution in [0.5, 0.6) is 0 Å². The normalized spacial score (nSPS) is 19.2. The number of aromatic nitrogens is 2. The van der Waals surface area contributed by atoms with Gasteiger partial charge in [0.15, 0.2) is 0 Å². The van der Waals surface area contributed by atoms with Crippen molar-refractivity contribution in [2.75, 3.05) is 13.1 Å². The molecule has 15 heavy (non-hydrogen) atoms. The maximum Gasteiger partial charge on any atom is 0.0534 e. The van der Waals surface area contributed by atoms with Crippen LogP contribution in [0.15, 0.2) is 12.4 Å². The van der Waals surface area contributed by atoms with Crippen LogP contribution in [0.25, 0.3) is 0 Å². The summed E-state index contributed by atoms with van der Waals surface area (Å²) >= 11 is 0. The molecule has 0 spiro atoms. The van der Waals surface area contributed by atoms with Crippen molar-refractivity contribution in [1.82, 2.24) is 14.7 Å². The van der Waals surface area contributed by atoms with Crippen LogP contribution in [-0.2, 0) is 13.6 Å². The van der Waals surface area contributed by atoms with Crippen LogP contribution in [0.2, 0.25) is 0 Å². The zero-order chi connectivity index (χ0) is 11.1. The Labute approximate surface area is 92.1 Å². The molecule has 1 saturated heterocycles. The van der Waals surface area contributed by atoms with Crippen molar-refractivity contribution in [2.24, 2.45) is 18.4 Å². The minimum atomic E-state index is 0.464. The van der Waals surface area contributed by atoms with E-state index in [0.29, 0.717) is 5.41 Å². The Kier molecular flexibility index (Phi) is 2.59. The van der Waals surface area contributed by atoms with Crippen LogP contribution in [0.3, 0.4) is 0 Å². The zero-order valence-corrected chi connectivity index (χ0v) is 10.2. The molecular weight excluding hydrogens is 186 g/mol.